The van der Waals surface area contributed by atoms with Crippen molar-refractivity contribution in [2.75, 3.05) is 25.0 Å². The van der Waals surface area contributed by atoms with E-state index in [-0.39, 0.29) is 0 Å². The molecule has 2 heterocycles. The second kappa shape index (κ2) is 6.15. The van der Waals surface area contributed by atoms with E-state index in [1.807, 2.05) is 18.2 Å². The number of benzene rings is 2. The molecule has 132 valence electrons. The summed E-state index contributed by atoms with van der Waals surface area (Å²) in [4.78, 5) is 3.10. The number of rotatable bonds is 2. The molecule has 25 heavy (non-hydrogen) atoms. The van der Waals surface area contributed by atoms with Crippen molar-refractivity contribution in [3.05, 3.63) is 54.1 Å². The van der Waals surface area contributed by atoms with Crippen molar-refractivity contribution in [1.29, 1.82) is 0 Å². The van der Waals surface area contributed by atoms with E-state index in [9.17, 15) is 8.42 Å². The molecular weight excluding hydrogens is 332 g/mol. The molecule has 2 unspecified atom stereocenters. The summed E-state index contributed by atoms with van der Waals surface area (Å²) in [6, 6.07) is 14.8. The molecule has 2 aliphatic rings. The van der Waals surface area contributed by atoms with E-state index in [1.165, 1.54) is 11.3 Å². The Morgan fingerprint density at radius 1 is 1.08 bits per heavy atom. The summed E-state index contributed by atoms with van der Waals surface area (Å²) in [5.74, 6) is 0.912. The molecule has 2 aromatic rings. The summed E-state index contributed by atoms with van der Waals surface area (Å²) in [6.07, 6.45) is 1.04. The largest absolute Gasteiger partial charge is 0.370 e. The molecule has 1 saturated heterocycles. The first-order valence-corrected chi connectivity index (χ1v) is 10.4. The maximum absolute atomic E-state index is 13.0. The van der Waals surface area contributed by atoms with E-state index in [4.69, 9.17) is 0 Å². The first kappa shape index (κ1) is 16.6. The van der Waals surface area contributed by atoms with Crippen molar-refractivity contribution in [2.24, 2.45) is 5.92 Å². The number of hydrogen-bond donors (Lipinski definition) is 1. The third kappa shape index (κ3) is 2.66. The molecule has 4 rings (SSSR count). The van der Waals surface area contributed by atoms with E-state index in [1.54, 1.807) is 30.3 Å². The monoisotopic (exact) mass is 356 g/mol. The Labute approximate surface area is 149 Å². The van der Waals surface area contributed by atoms with Crippen molar-refractivity contribution >= 4 is 15.5 Å². The summed E-state index contributed by atoms with van der Waals surface area (Å²) in [5.41, 5.74) is 2.36. The molecule has 0 radical (unpaired) electrons. The van der Waals surface area contributed by atoms with Crippen LogP contribution in [-0.2, 0) is 9.84 Å². The second-order valence-electron chi connectivity index (χ2n) is 7.22. The van der Waals surface area contributed by atoms with Gasteiger partial charge in [0.2, 0.25) is 9.84 Å². The average molecular weight is 356 g/mol. The van der Waals surface area contributed by atoms with Gasteiger partial charge in [0.15, 0.2) is 0 Å². The molecular formula is C20H24N2O2S. The van der Waals surface area contributed by atoms with Crippen LogP contribution >= 0.6 is 0 Å². The van der Waals surface area contributed by atoms with E-state index in [0.717, 1.165) is 19.5 Å². The van der Waals surface area contributed by atoms with Gasteiger partial charge in [0.25, 0.3) is 0 Å². The summed E-state index contributed by atoms with van der Waals surface area (Å²) < 4.78 is 26.0. The number of anilines is 1. The number of nitrogens with one attached hydrogen (secondary N) is 1. The van der Waals surface area contributed by atoms with Gasteiger partial charge in [0.1, 0.15) is 0 Å². The predicted molar refractivity (Wildman–Crippen MR) is 99.9 cm³/mol. The molecule has 1 fully saturated rings. The Kier molecular flexibility index (Phi) is 4.08. The van der Waals surface area contributed by atoms with Crippen molar-refractivity contribution in [3.63, 3.8) is 0 Å². The lowest BCUT2D eigenvalue weighted by molar-refractivity contribution is 0.417. The molecule has 0 saturated carbocycles. The molecule has 0 aliphatic carbocycles. The van der Waals surface area contributed by atoms with Crippen molar-refractivity contribution in [2.45, 2.75) is 35.1 Å². The molecule has 3 atom stereocenters. The van der Waals surface area contributed by atoms with E-state index >= 15 is 0 Å². The Bertz CT molecular complexity index is 880. The van der Waals surface area contributed by atoms with Crippen LogP contribution in [0.4, 0.5) is 5.69 Å². The quantitative estimate of drug-likeness (QED) is 0.898. The Balaban J connectivity index is 1.79. The van der Waals surface area contributed by atoms with Crippen LogP contribution in [0.3, 0.4) is 0 Å². The minimum absolute atomic E-state index is 0.355. The standard InChI is InChI=1S/C20H24N2O2S/c1-14-13-21-11-10-17-18-12-16(8-9-19(18)22(2)20(14)17)25(23,24)15-6-4-3-5-7-15/h3-9,12,14,17,20-21H,10-11,13H2,1-2H3/t14?,17-,20?/m1/s1. The summed E-state index contributed by atoms with van der Waals surface area (Å²) in [5, 5.41) is 3.50. The van der Waals surface area contributed by atoms with Gasteiger partial charge in [-0.2, -0.15) is 0 Å². The zero-order chi connectivity index (χ0) is 17.6. The van der Waals surface area contributed by atoms with Gasteiger partial charge in [-0.15, -0.1) is 0 Å². The number of hydrogen-bond acceptors (Lipinski definition) is 4. The minimum atomic E-state index is -3.47. The summed E-state index contributed by atoms with van der Waals surface area (Å²) in [6.45, 7) is 4.27. The maximum Gasteiger partial charge on any atom is 0.206 e. The number of sulfone groups is 1. The molecule has 0 aromatic heterocycles. The van der Waals surface area contributed by atoms with Crippen LogP contribution in [0.25, 0.3) is 0 Å². The average Bonchev–Trinajstić information content (AvgIpc) is 2.77. The van der Waals surface area contributed by atoms with Crippen LogP contribution in [-0.4, -0.2) is 34.6 Å². The molecule has 1 N–H and O–H groups in total. The number of likely N-dealkylation sites (N-methyl/N-ethyl adjacent to an activating group) is 1. The molecule has 2 aromatic carbocycles. The lowest BCUT2D eigenvalue weighted by Crippen LogP contribution is -2.38. The third-order valence-corrected chi connectivity index (χ3v) is 7.45. The zero-order valence-corrected chi connectivity index (χ0v) is 15.5. The zero-order valence-electron chi connectivity index (χ0n) is 14.6. The highest BCUT2D eigenvalue weighted by molar-refractivity contribution is 7.91. The lowest BCUT2D eigenvalue weighted by atomic mass is 9.86. The lowest BCUT2D eigenvalue weighted by Gasteiger charge is -2.30. The van der Waals surface area contributed by atoms with Crippen LogP contribution in [0, 0.1) is 5.92 Å². The first-order chi connectivity index (χ1) is 12.0. The van der Waals surface area contributed by atoms with Crippen LogP contribution in [0.2, 0.25) is 0 Å². The predicted octanol–water partition coefficient (Wildman–Crippen LogP) is 3.05. The highest BCUT2D eigenvalue weighted by Crippen LogP contribution is 2.46. The van der Waals surface area contributed by atoms with E-state index < -0.39 is 9.84 Å². The van der Waals surface area contributed by atoms with Crippen LogP contribution in [0.5, 0.6) is 0 Å². The fraction of sp³-hybridized carbons (Fsp3) is 0.400. The van der Waals surface area contributed by atoms with Crippen LogP contribution in [0.1, 0.15) is 24.8 Å². The highest BCUT2D eigenvalue weighted by Gasteiger charge is 2.41. The van der Waals surface area contributed by atoms with Gasteiger partial charge >= 0.3 is 0 Å². The van der Waals surface area contributed by atoms with Gasteiger partial charge in [-0.1, -0.05) is 25.1 Å². The van der Waals surface area contributed by atoms with Crippen molar-refractivity contribution < 1.29 is 8.42 Å². The van der Waals surface area contributed by atoms with E-state index in [0.29, 0.717) is 27.7 Å². The first-order valence-electron chi connectivity index (χ1n) is 8.88. The van der Waals surface area contributed by atoms with Crippen molar-refractivity contribution in [3.8, 4) is 0 Å². The Morgan fingerprint density at radius 2 is 1.84 bits per heavy atom. The highest BCUT2D eigenvalue weighted by atomic mass is 32.2. The van der Waals surface area contributed by atoms with E-state index in [2.05, 4.69) is 24.2 Å². The molecule has 5 heteroatoms. The fourth-order valence-electron chi connectivity index (χ4n) is 4.48. The smallest absolute Gasteiger partial charge is 0.206 e. The van der Waals surface area contributed by atoms with Crippen LogP contribution < -0.4 is 10.2 Å². The minimum Gasteiger partial charge on any atom is -0.370 e. The van der Waals surface area contributed by atoms with Gasteiger partial charge in [0, 0.05) is 24.7 Å². The summed E-state index contributed by atoms with van der Waals surface area (Å²) >= 11 is 0. The molecule has 0 bridgehead atoms. The topological polar surface area (TPSA) is 49.4 Å². The number of nitrogens with zero attached hydrogens (tertiary/aromatic N) is 1. The van der Waals surface area contributed by atoms with Gasteiger partial charge in [-0.25, -0.2) is 8.42 Å². The fourth-order valence-corrected chi connectivity index (χ4v) is 5.80. The summed E-state index contributed by atoms with van der Waals surface area (Å²) in [7, 11) is -1.34. The normalized spacial score (nSPS) is 26.0. The van der Waals surface area contributed by atoms with Gasteiger partial charge in [-0.3, -0.25) is 0 Å². The Morgan fingerprint density at radius 3 is 2.60 bits per heavy atom. The Hall–Kier alpha value is -1.85. The molecule has 0 amide bonds. The third-order valence-electron chi connectivity index (χ3n) is 5.68. The number of fused-ring (bicyclic) bond motifs is 3. The van der Waals surface area contributed by atoms with Gasteiger partial charge in [0.05, 0.1) is 9.79 Å². The molecule has 0 spiro atoms. The van der Waals surface area contributed by atoms with Crippen molar-refractivity contribution in [1.82, 2.24) is 5.32 Å². The van der Waals surface area contributed by atoms with Gasteiger partial charge in [-0.05, 0) is 61.3 Å². The molecule has 2 aliphatic heterocycles. The maximum atomic E-state index is 13.0. The van der Waals surface area contributed by atoms with Gasteiger partial charge < -0.3 is 10.2 Å². The molecule has 4 nitrogen and oxygen atoms in total. The second-order valence-corrected chi connectivity index (χ2v) is 9.16. The van der Waals surface area contributed by atoms with Crippen LogP contribution in [0.15, 0.2) is 58.3 Å². The SMILES string of the molecule is CC1CNCC[C@@H]2c3cc(S(=O)(=O)c4ccccc4)ccc3N(C)C12.